The fourth-order valence-corrected chi connectivity index (χ4v) is 2.89. The summed E-state index contributed by atoms with van der Waals surface area (Å²) in [6, 6.07) is 0.614. The summed E-state index contributed by atoms with van der Waals surface area (Å²) in [7, 11) is 1.92. The highest BCUT2D eigenvalue weighted by atomic mass is 15.2. The van der Waals surface area contributed by atoms with Crippen LogP contribution < -0.4 is 10.2 Å². The van der Waals surface area contributed by atoms with Crippen molar-refractivity contribution in [3.05, 3.63) is 11.4 Å². The standard InChI is InChI=1S/C14H24N4/c1-9(2)12-7-6-8-18(12)14-10(3)13(15-5)16-11(4)17-14/h9,12H,6-8H2,1-5H3,(H,15,16,17). The van der Waals surface area contributed by atoms with Crippen LogP contribution in [-0.4, -0.2) is 29.6 Å². The summed E-state index contributed by atoms with van der Waals surface area (Å²) in [4.78, 5) is 11.6. The summed E-state index contributed by atoms with van der Waals surface area (Å²) in [6.07, 6.45) is 2.54. The topological polar surface area (TPSA) is 41.1 Å². The molecule has 1 aliphatic heterocycles. The van der Waals surface area contributed by atoms with E-state index in [1.54, 1.807) is 0 Å². The molecule has 4 nitrogen and oxygen atoms in total. The number of anilines is 2. The minimum Gasteiger partial charge on any atom is -0.373 e. The molecule has 0 radical (unpaired) electrons. The Kier molecular flexibility index (Phi) is 3.73. The Bertz CT molecular complexity index is 428. The molecule has 2 rings (SSSR count). The van der Waals surface area contributed by atoms with E-state index in [1.165, 1.54) is 12.8 Å². The molecule has 18 heavy (non-hydrogen) atoms. The van der Waals surface area contributed by atoms with Crippen molar-refractivity contribution in [2.45, 2.75) is 46.6 Å². The summed E-state index contributed by atoms with van der Waals surface area (Å²) in [6.45, 7) is 9.78. The molecule has 0 aromatic carbocycles. The van der Waals surface area contributed by atoms with Crippen molar-refractivity contribution >= 4 is 11.6 Å². The van der Waals surface area contributed by atoms with Crippen molar-refractivity contribution in [2.75, 3.05) is 23.8 Å². The number of nitrogens with zero attached hydrogens (tertiary/aromatic N) is 3. The van der Waals surface area contributed by atoms with Gasteiger partial charge < -0.3 is 10.2 Å². The van der Waals surface area contributed by atoms with Crippen LogP contribution in [0.25, 0.3) is 0 Å². The predicted octanol–water partition coefficient (Wildman–Crippen LogP) is 2.76. The summed E-state index contributed by atoms with van der Waals surface area (Å²) >= 11 is 0. The van der Waals surface area contributed by atoms with Gasteiger partial charge in [-0.2, -0.15) is 0 Å². The molecule has 0 saturated carbocycles. The Morgan fingerprint density at radius 2 is 2.00 bits per heavy atom. The minimum absolute atomic E-state index is 0.614. The lowest BCUT2D eigenvalue weighted by atomic mass is 10.0. The summed E-state index contributed by atoms with van der Waals surface area (Å²) in [5.74, 6) is 3.57. The van der Waals surface area contributed by atoms with Crippen molar-refractivity contribution in [3.63, 3.8) is 0 Å². The maximum Gasteiger partial charge on any atom is 0.137 e. The largest absolute Gasteiger partial charge is 0.373 e. The zero-order chi connectivity index (χ0) is 13.3. The third-order valence-corrected chi connectivity index (χ3v) is 3.81. The Hall–Kier alpha value is -1.32. The Balaban J connectivity index is 2.41. The number of aromatic nitrogens is 2. The molecule has 0 aliphatic carbocycles. The highest BCUT2D eigenvalue weighted by molar-refractivity contribution is 5.59. The molecule has 1 aliphatic rings. The van der Waals surface area contributed by atoms with Crippen LogP contribution >= 0.6 is 0 Å². The van der Waals surface area contributed by atoms with Gasteiger partial charge in [-0.3, -0.25) is 0 Å². The van der Waals surface area contributed by atoms with E-state index in [1.807, 2.05) is 14.0 Å². The van der Waals surface area contributed by atoms with E-state index in [0.717, 1.165) is 29.6 Å². The fraction of sp³-hybridized carbons (Fsp3) is 0.714. The number of aryl methyl sites for hydroxylation is 1. The molecule has 1 saturated heterocycles. The van der Waals surface area contributed by atoms with Gasteiger partial charge in [0.15, 0.2) is 0 Å². The maximum absolute atomic E-state index is 4.67. The average Bonchev–Trinajstić information content (AvgIpc) is 2.80. The lowest BCUT2D eigenvalue weighted by molar-refractivity contribution is 0.489. The molecule has 0 spiro atoms. The first kappa shape index (κ1) is 13.1. The lowest BCUT2D eigenvalue weighted by Gasteiger charge is -2.30. The zero-order valence-corrected chi connectivity index (χ0v) is 12.1. The molecule has 1 unspecified atom stereocenters. The van der Waals surface area contributed by atoms with E-state index in [4.69, 9.17) is 0 Å². The second-order valence-corrected chi connectivity index (χ2v) is 5.47. The number of hydrogen-bond acceptors (Lipinski definition) is 4. The van der Waals surface area contributed by atoms with E-state index >= 15 is 0 Å². The van der Waals surface area contributed by atoms with Gasteiger partial charge >= 0.3 is 0 Å². The summed E-state index contributed by atoms with van der Waals surface area (Å²) in [5.41, 5.74) is 1.16. The van der Waals surface area contributed by atoms with Gasteiger partial charge in [0.05, 0.1) is 0 Å². The Morgan fingerprint density at radius 3 is 2.61 bits per heavy atom. The van der Waals surface area contributed by atoms with Crippen LogP contribution in [0.5, 0.6) is 0 Å². The summed E-state index contributed by atoms with van der Waals surface area (Å²) < 4.78 is 0. The van der Waals surface area contributed by atoms with Gasteiger partial charge in [-0.05, 0) is 32.6 Å². The third-order valence-electron chi connectivity index (χ3n) is 3.81. The van der Waals surface area contributed by atoms with Crippen LogP contribution in [0.1, 0.15) is 38.1 Å². The van der Waals surface area contributed by atoms with Crippen LogP contribution in [0.15, 0.2) is 0 Å². The summed E-state index contributed by atoms with van der Waals surface area (Å²) in [5, 5.41) is 3.17. The second-order valence-electron chi connectivity index (χ2n) is 5.47. The van der Waals surface area contributed by atoms with E-state index < -0.39 is 0 Å². The SMILES string of the molecule is CNc1nc(C)nc(N2CCCC2C(C)C)c1C. The minimum atomic E-state index is 0.614. The number of hydrogen-bond donors (Lipinski definition) is 1. The van der Waals surface area contributed by atoms with Crippen LogP contribution in [0.3, 0.4) is 0 Å². The first-order valence-electron chi connectivity index (χ1n) is 6.84. The van der Waals surface area contributed by atoms with Crippen LogP contribution in [0.2, 0.25) is 0 Å². The van der Waals surface area contributed by atoms with Gasteiger partial charge in [0.25, 0.3) is 0 Å². The van der Waals surface area contributed by atoms with Gasteiger partial charge in [0.1, 0.15) is 17.5 Å². The first-order chi connectivity index (χ1) is 8.54. The van der Waals surface area contributed by atoms with Crippen molar-refractivity contribution in [3.8, 4) is 0 Å². The first-order valence-corrected chi connectivity index (χ1v) is 6.84. The third kappa shape index (κ3) is 2.28. The van der Waals surface area contributed by atoms with E-state index in [0.29, 0.717) is 12.0 Å². The molecule has 1 atom stereocenters. The van der Waals surface area contributed by atoms with Crippen molar-refractivity contribution in [1.82, 2.24) is 9.97 Å². The normalized spacial score (nSPS) is 19.7. The van der Waals surface area contributed by atoms with Crippen molar-refractivity contribution in [1.29, 1.82) is 0 Å². The van der Waals surface area contributed by atoms with E-state index in [-0.39, 0.29) is 0 Å². The quantitative estimate of drug-likeness (QED) is 0.893. The zero-order valence-electron chi connectivity index (χ0n) is 12.1. The van der Waals surface area contributed by atoms with E-state index in [2.05, 4.69) is 41.0 Å². The molecule has 1 aromatic heterocycles. The smallest absolute Gasteiger partial charge is 0.137 e. The monoisotopic (exact) mass is 248 g/mol. The molecule has 4 heteroatoms. The maximum atomic E-state index is 4.67. The molecular formula is C14H24N4. The van der Waals surface area contributed by atoms with Gasteiger partial charge in [0, 0.05) is 25.2 Å². The Morgan fingerprint density at radius 1 is 1.28 bits per heavy atom. The predicted molar refractivity (Wildman–Crippen MR) is 76.3 cm³/mol. The van der Waals surface area contributed by atoms with Gasteiger partial charge in [0.2, 0.25) is 0 Å². The van der Waals surface area contributed by atoms with E-state index in [9.17, 15) is 0 Å². The van der Waals surface area contributed by atoms with Crippen molar-refractivity contribution < 1.29 is 0 Å². The lowest BCUT2D eigenvalue weighted by Crippen LogP contribution is -2.34. The molecular weight excluding hydrogens is 224 g/mol. The number of nitrogens with one attached hydrogen (secondary N) is 1. The Labute approximate surface area is 110 Å². The van der Waals surface area contributed by atoms with Crippen LogP contribution in [-0.2, 0) is 0 Å². The molecule has 0 amide bonds. The highest BCUT2D eigenvalue weighted by Gasteiger charge is 2.29. The second kappa shape index (κ2) is 5.12. The molecule has 1 N–H and O–H groups in total. The molecule has 2 heterocycles. The van der Waals surface area contributed by atoms with Crippen LogP contribution in [0.4, 0.5) is 11.6 Å². The van der Waals surface area contributed by atoms with Crippen molar-refractivity contribution in [2.24, 2.45) is 5.92 Å². The average molecular weight is 248 g/mol. The fourth-order valence-electron chi connectivity index (χ4n) is 2.89. The molecule has 1 aromatic rings. The molecule has 0 bridgehead atoms. The van der Waals surface area contributed by atoms with Gasteiger partial charge in [-0.15, -0.1) is 0 Å². The number of rotatable bonds is 3. The molecule has 1 fully saturated rings. The molecule has 100 valence electrons. The highest BCUT2D eigenvalue weighted by Crippen LogP contribution is 2.32. The van der Waals surface area contributed by atoms with Crippen LogP contribution in [0, 0.1) is 19.8 Å². The van der Waals surface area contributed by atoms with Gasteiger partial charge in [-0.25, -0.2) is 9.97 Å². The van der Waals surface area contributed by atoms with Gasteiger partial charge in [-0.1, -0.05) is 13.8 Å².